The molecule has 0 aromatic heterocycles. The summed E-state index contributed by atoms with van der Waals surface area (Å²) in [5, 5.41) is 0. The molecule has 0 saturated carbocycles. The highest BCUT2D eigenvalue weighted by molar-refractivity contribution is 5.92. The van der Waals surface area contributed by atoms with Crippen molar-refractivity contribution in [2.75, 3.05) is 0 Å². The van der Waals surface area contributed by atoms with Crippen LogP contribution in [0.5, 0.6) is 0 Å². The average Bonchev–Trinajstić information content (AvgIpc) is 2.42. The smallest absolute Gasteiger partial charge is 0.0901 e. The number of para-hydroxylation sites is 1. The molecule has 2 rings (SSSR count). The van der Waals surface area contributed by atoms with E-state index in [4.69, 9.17) is 0 Å². The van der Waals surface area contributed by atoms with Crippen LogP contribution in [0.4, 0.5) is 5.69 Å². The zero-order valence-corrected chi connectivity index (χ0v) is 9.86. The fourth-order valence-electron chi connectivity index (χ4n) is 1.21. The molecule has 1 aromatic carbocycles. The summed E-state index contributed by atoms with van der Waals surface area (Å²) in [7, 11) is 0. The Labute approximate surface area is 91.8 Å². The van der Waals surface area contributed by atoms with Crippen LogP contribution in [0.3, 0.4) is 0 Å². The molecule has 80 valence electrons. The second kappa shape index (κ2) is 4.87. The molecule has 1 aliphatic rings. The lowest BCUT2D eigenvalue weighted by Gasteiger charge is -2.09. The fraction of sp³-hybridized carbons (Fsp3) is 0.385. The molecule has 0 unspecified atom stereocenters. The number of aliphatic imine (C=N–C) groups is 2. The maximum absolute atomic E-state index is 4.42. The molecule has 2 nitrogen and oxygen atoms in total. The van der Waals surface area contributed by atoms with Crippen molar-refractivity contribution in [1.29, 1.82) is 0 Å². The largest absolute Gasteiger partial charge is 0.281 e. The van der Waals surface area contributed by atoms with E-state index in [0.29, 0.717) is 0 Å². The molecule has 2 heteroatoms. The molecule has 15 heavy (non-hydrogen) atoms. The summed E-state index contributed by atoms with van der Waals surface area (Å²) in [6, 6.07) is 8.01. The Bertz CT molecular complexity index is 341. The molecule has 0 bridgehead atoms. The van der Waals surface area contributed by atoms with Crippen LogP contribution in [0.2, 0.25) is 0 Å². The minimum atomic E-state index is -0.182. The maximum atomic E-state index is 4.42. The Hall–Kier alpha value is -1.44. The van der Waals surface area contributed by atoms with Crippen LogP contribution in [0, 0.1) is 0 Å². The first kappa shape index (κ1) is 11.6. The van der Waals surface area contributed by atoms with Crippen LogP contribution < -0.4 is 0 Å². The second-order valence-corrected chi connectivity index (χ2v) is 3.73. The molecule has 0 radical (unpaired) electrons. The summed E-state index contributed by atoms with van der Waals surface area (Å²) in [5.41, 5.74) is 1.90. The van der Waals surface area contributed by atoms with Gasteiger partial charge in [-0.15, -0.1) is 0 Å². The Morgan fingerprint density at radius 2 is 1.73 bits per heavy atom. The van der Waals surface area contributed by atoms with Gasteiger partial charge in [0, 0.05) is 18.0 Å². The number of hydrogen-bond acceptors (Lipinski definition) is 2. The lowest BCUT2D eigenvalue weighted by molar-refractivity contribution is 0.723. The van der Waals surface area contributed by atoms with Crippen molar-refractivity contribution in [3.8, 4) is 0 Å². The van der Waals surface area contributed by atoms with Crippen molar-refractivity contribution in [2.24, 2.45) is 9.98 Å². The van der Waals surface area contributed by atoms with Crippen molar-refractivity contribution in [2.45, 2.75) is 33.2 Å². The first-order chi connectivity index (χ1) is 7.17. The van der Waals surface area contributed by atoms with Crippen molar-refractivity contribution in [3.05, 3.63) is 29.8 Å². The third kappa shape index (κ3) is 3.01. The summed E-state index contributed by atoms with van der Waals surface area (Å²) in [6.45, 7) is 8.08. The van der Waals surface area contributed by atoms with Gasteiger partial charge in [-0.25, -0.2) is 0 Å². The highest BCUT2D eigenvalue weighted by Gasteiger charge is 2.14. The normalized spacial score (nSPS) is 16.0. The van der Waals surface area contributed by atoms with Gasteiger partial charge in [0.05, 0.1) is 11.2 Å². The monoisotopic (exact) mass is 202 g/mol. The van der Waals surface area contributed by atoms with Gasteiger partial charge in [0.25, 0.3) is 0 Å². The summed E-state index contributed by atoms with van der Waals surface area (Å²) in [5.74, 6) is 0. The number of fused-ring (bicyclic) bond motifs is 1. The second-order valence-electron chi connectivity index (χ2n) is 3.73. The van der Waals surface area contributed by atoms with Crippen LogP contribution >= 0.6 is 0 Å². The molecule has 0 spiro atoms. The third-order valence-electron chi connectivity index (χ3n) is 1.99. The molecule has 1 aromatic rings. The summed E-state index contributed by atoms with van der Waals surface area (Å²) < 4.78 is 0. The third-order valence-corrected chi connectivity index (χ3v) is 1.99. The van der Waals surface area contributed by atoms with Crippen LogP contribution in [-0.2, 0) is 0 Å². The van der Waals surface area contributed by atoms with E-state index in [9.17, 15) is 0 Å². The minimum absolute atomic E-state index is 0.182. The van der Waals surface area contributed by atoms with Crippen molar-refractivity contribution in [3.63, 3.8) is 0 Å². The van der Waals surface area contributed by atoms with E-state index in [2.05, 4.69) is 9.98 Å². The standard InChI is InChI=1S/C11H12N2.C2H6/c1-11(2)8-12-10-6-4-3-5-9(10)7-13-11;1-2/h3-8H,1-2H3;1-2H3. The molecule has 1 heterocycles. The van der Waals surface area contributed by atoms with Gasteiger partial charge in [-0.1, -0.05) is 32.0 Å². The fourth-order valence-corrected chi connectivity index (χ4v) is 1.21. The van der Waals surface area contributed by atoms with Gasteiger partial charge in [-0.2, -0.15) is 0 Å². The van der Waals surface area contributed by atoms with Crippen LogP contribution in [0.1, 0.15) is 33.3 Å². The Morgan fingerprint density at radius 1 is 1.07 bits per heavy atom. The first-order valence-electron chi connectivity index (χ1n) is 5.37. The van der Waals surface area contributed by atoms with E-state index in [0.717, 1.165) is 11.3 Å². The lowest BCUT2D eigenvalue weighted by Crippen LogP contribution is -2.17. The molecular formula is C13H18N2. The van der Waals surface area contributed by atoms with Crippen LogP contribution in [0.15, 0.2) is 34.3 Å². The topological polar surface area (TPSA) is 24.7 Å². The van der Waals surface area contributed by atoms with Gasteiger partial charge in [0.15, 0.2) is 0 Å². The quantitative estimate of drug-likeness (QED) is 0.614. The predicted octanol–water partition coefficient (Wildman–Crippen LogP) is 3.63. The predicted molar refractivity (Wildman–Crippen MR) is 67.6 cm³/mol. The van der Waals surface area contributed by atoms with E-state index in [1.54, 1.807) is 0 Å². The van der Waals surface area contributed by atoms with Gasteiger partial charge < -0.3 is 0 Å². The summed E-state index contributed by atoms with van der Waals surface area (Å²) in [6.07, 6.45) is 3.78. The van der Waals surface area contributed by atoms with Crippen molar-refractivity contribution in [1.82, 2.24) is 0 Å². The van der Waals surface area contributed by atoms with Gasteiger partial charge in [-0.05, 0) is 19.9 Å². The zero-order valence-electron chi connectivity index (χ0n) is 9.86. The molecule has 0 N–H and O–H groups in total. The first-order valence-corrected chi connectivity index (χ1v) is 5.37. The number of benzene rings is 1. The molecule has 0 fully saturated rings. The SMILES string of the molecule is CC.CC1(C)C=Nc2ccccc2C=N1. The van der Waals surface area contributed by atoms with E-state index >= 15 is 0 Å². The highest BCUT2D eigenvalue weighted by atomic mass is 14.9. The Balaban J connectivity index is 0.000000531. The van der Waals surface area contributed by atoms with E-state index in [1.807, 2.05) is 64.4 Å². The van der Waals surface area contributed by atoms with Crippen molar-refractivity contribution >= 4 is 18.1 Å². The number of rotatable bonds is 0. The van der Waals surface area contributed by atoms with Crippen LogP contribution in [0.25, 0.3) is 0 Å². The highest BCUT2D eigenvalue weighted by Crippen LogP contribution is 2.21. The molecular weight excluding hydrogens is 184 g/mol. The lowest BCUT2D eigenvalue weighted by atomic mass is 10.1. The molecule has 1 aliphatic heterocycles. The molecule has 0 saturated heterocycles. The number of hydrogen-bond donors (Lipinski definition) is 0. The number of nitrogens with zero attached hydrogens (tertiary/aromatic N) is 2. The van der Waals surface area contributed by atoms with E-state index < -0.39 is 0 Å². The van der Waals surface area contributed by atoms with Gasteiger partial charge in [-0.3, -0.25) is 9.98 Å². The van der Waals surface area contributed by atoms with Gasteiger partial charge in [0.2, 0.25) is 0 Å². The van der Waals surface area contributed by atoms with Crippen LogP contribution in [-0.4, -0.2) is 18.0 Å². The summed E-state index contributed by atoms with van der Waals surface area (Å²) >= 11 is 0. The van der Waals surface area contributed by atoms with Gasteiger partial charge in [0.1, 0.15) is 0 Å². The zero-order chi connectivity index (χ0) is 11.3. The minimum Gasteiger partial charge on any atom is -0.281 e. The summed E-state index contributed by atoms with van der Waals surface area (Å²) in [4.78, 5) is 8.81. The Morgan fingerprint density at radius 3 is 2.47 bits per heavy atom. The molecule has 0 atom stereocenters. The van der Waals surface area contributed by atoms with Crippen molar-refractivity contribution < 1.29 is 0 Å². The van der Waals surface area contributed by atoms with Gasteiger partial charge >= 0.3 is 0 Å². The molecule has 0 aliphatic carbocycles. The Kier molecular flexibility index (Phi) is 3.78. The van der Waals surface area contributed by atoms with E-state index in [-0.39, 0.29) is 5.54 Å². The van der Waals surface area contributed by atoms with E-state index in [1.165, 1.54) is 0 Å². The maximum Gasteiger partial charge on any atom is 0.0901 e. The molecule has 0 amide bonds. The average molecular weight is 202 g/mol.